The maximum absolute atomic E-state index is 13.3. The van der Waals surface area contributed by atoms with E-state index in [1.165, 1.54) is 12.1 Å². The number of fused-ring (bicyclic) bond motifs is 1. The Morgan fingerprint density at radius 1 is 1.08 bits per heavy atom. The van der Waals surface area contributed by atoms with E-state index in [1.54, 1.807) is 35.9 Å². The van der Waals surface area contributed by atoms with E-state index < -0.39 is 0 Å². The second-order valence-corrected chi connectivity index (χ2v) is 7.81. The van der Waals surface area contributed by atoms with Crippen molar-refractivity contribution < 1.29 is 8.81 Å². The molecule has 132 valence electrons. The number of aromatic nitrogens is 3. The predicted molar refractivity (Wildman–Crippen MR) is 103 cm³/mol. The number of H-pyrrole nitrogens is 1. The number of aryl methyl sites for hydroxylation is 1. The summed E-state index contributed by atoms with van der Waals surface area (Å²) in [5, 5.41) is 0.763. The molecule has 1 aromatic carbocycles. The third-order valence-electron chi connectivity index (χ3n) is 3.72. The Balaban J connectivity index is 1.44. The zero-order valence-corrected chi connectivity index (χ0v) is 15.7. The molecule has 0 amide bonds. The molecule has 0 atom stereocenters. The van der Waals surface area contributed by atoms with Crippen molar-refractivity contribution >= 4 is 34.6 Å². The van der Waals surface area contributed by atoms with Gasteiger partial charge in [0.15, 0.2) is 5.16 Å². The van der Waals surface area contributed by atoms with Crippen molar-refractivity contribution in [3.8, 4) is 0 Å². The number of nitrogens with zero attached hydrogens (tertiary/aromatic N) is 2. The molecule has 4 aromatic rings. The minimum atomic E-state index is -0.267. The van der Waals surface area contributed by atoms with Crippen LogP contribution in [0.25, 0.3) is 11.0 Å². The predicted octanol–water partition coefficient (Wildman–Crippen LogP) is 5.58. The van der Waals surface area contributed by atoms with E-state index in [4.69, 9.17) is 4.42 Å². The fraction of sp³-hybridized carbons (Fsp3) is 0.158. The van der Waals surface area contributed by atoms with Crippen LogP contribution in [0.5, 0.6) is 0 Å². The van der Waals surface area contributed by atoms with Gasteiger partial charge in [-0.25, -0.2) is 9.37 Å². The Kier molecular flexibility index (Phi) is 4.99. The highest BCUT2D eigenvalue weighted by molar-refractivity contribution is 7.98. The number of benzene rings is 1. The number of halogens is 1. The van der Waals surface area contributed by atoms with Gasteiger partial charge < -0.3 is 9.40 Å². The number of nitrogens with one attached hydrogen (secondary N) is 1. The van der Waals surface area contributed by atoms with Crippen molar-refractivity contribution in [2.75, 3.05) is 0 Å². The summed E-state index contributed by atoms with van der Waals surface area (Å²) in [5.41, 5.74) is 3.44. The lowest BCUT2D eigenvalue weighted by Crippen LogP contribution is -1.92. The minimum Gasteiger partial charge on any atom is -0.468 e. The summed E-state index contributed by atoms with van der Waals surface area (Å²) in [6, 6.07) is 12.6. The Bertz CT molecular complexity index is 1030. The lowest BCUT2D eigenvalue weighted by molar-refractivity contribution is 0.530. The van der Waals surface area contributed by atoms with Crippen molar-refractivity contribution in [3.63, 3.8) is 0 Å². The van der Waals surface area contributed by atoms with Crippen molar-refractivity contribution in [1.82, 2.24) is 15.0 Å². The van der Waals surface area contributed by atoms with Gasteiger partial charge in [0.25, 0.3) is 0 Å². The molecule has 0 aliphatic carbocycles. The molecule has 0 bridgehead atoms. The van der Waals surface area contributed by atoms with Crippen molar-refractivity contribution in [2.45, 2.75) is 28.5 Å². The minimum absolute atomic E-state index is 0.267. The van der Waals surface area contributed by atoms with Crippen LogP contribution in [0, 0.1) is 12.7 Å². The Morgan fingerprint density at radius 3 is 2.85 bits per heavy atom. The van der Waals surface area contributed by atoms with Crippen LogP contribution in [0.15, 0.2) is 63.2 Å². The lowest BCUT2D eigenvalue weighted by atomic mass is 10.3. The molecule has 0 unspecified atom stereocenters. The zero-order valence-electron chi connectivity index (χ0n) is 14.0. The second kappa shape index (κ2) is 7.55. The van der Waals surface area contributed by atoms with Crippen molar-refractivity contribution in [2.24, 2.45) is 0 Å². The van der Waals surface area contributed by atoms with Crippen LogP contribution in [0.3, 0.4) is 0 Å². The summed E-state index contributed by atoms with van der Waals surface area (Å²) in [6.07, 6.45) is 1.69. The summed E-state index contributed by atoms with van der Waals surface area (Å²) in [6.45, 7) is 2.00. The molecule has 4 nitrogen and oxygen atoms in total. The van der Waals surface area contributed by atoms with Gasteiger partial charge in [0, 0.05) is 16.3 Å². The first-order valence-electron chi connectivity index (χ1n) is 8.06. The van der Waals surface area contributed by atoms with Gasteiger partial charge in [-0.2, -0.15) is 0 Å². The number of furan rings is 1. The van der Waals surface area contributed by atoms with Gasteiger partial charge in [0.05, 0.1) is 28.7 Å². The van der Waals surface area contributed by atoms with E-state index in [0.29, 0.717) is 11.3 Å². The average molecular weight is 385 g/mol. The normalized spacial score (nSPS) is 11.3. The van der Waals surface area contributed by atoms with Crippen LogP contribution in [0.4, 0.5) is 4.39 Å². The van der Waals surface area contributed by atoms with Gasteiger partial charge >= 0.3 is 0 Å². The summed E-state index contributed by atoms with van der Waals surface area (Å²) < 4.78 is 18.7. The molecule has 3 heterocycles. The lowest BCUT2D eigenvalue weighted by Gasteiger charge is -2.05. The average Bonchev–Trinajstić information content (AvgIpc) is 3.26. The van der Waals surface area contributed by atoms with Gasteiger partial charge in [-0.05, 0) is 49.4 Å². The van der Waals surface area contributed by atoms with Gasteiger partial charge in [-0.1, -0.05) is 11.8 Å². The van der Waals surface area contributed by atoms with E-state index in [2.05, 4.69) is 27.1 Å². The largest absolute Gasteiger partial charge is 0.468 e. The molecule has 1 N–H and O–H groups in total. The van der Waals surface area contributed by atoms with Crippen LogP contribution in [-0.4, -0.2) is 15.0 Å². The van der Waals surface area contributed by atoms with Gasteiger partial charge in [0.1, 0.15) is 11.6 Å². The Hall–Kier alpha value is -2.25. The summed E-state index contributed by atoms with van der Waals surface area (Å²) in [5.74, 6) is 2.17. The van der Waals surface area contributed by atoms with Crippen molar-refractivity contribution in [3.05, 3.63) is 71.7 Å². The number of aromatic amines is 1. The number of pyridine rings is 1. The standard InChI is InChI=1S/C19H16FN3OS2/c1-12-7-16(25-11-15-3-2-6-24-15)9-14(21-12)10-26-19-22-17-5-4-13(20)8-18(17)23-19/h2-9H,10-11H2,1H3,(H,22,23). The Morgan fingerprint density at radius 2 is 2.00 bits per heavy atom. The molecule has 0 saturated carbocycles. The topological polar surface area (TPSA) is 54.7 Å². The zero-order chi connectivity index (χ0) is 17.9. The van der Waals surface area contributed by atoms with Crippen LogP contribution >= 0.6 is 23.5 Å². The summed E-state index contributed by atoms with van der Waals surface area (Å²) >= 11 is 3.28. The summed E-state index contributed by atoms with van der Waals surface area (Å²) in [4.78, 5) is 13.4. The molecule has 0 aliphatic rings. The second-order valence-electron chi connectivity index (χ2n) is 5.80. The molecule has 0 spiro atoms. The highest BCUT2D eigenvalue weighted by Gasteiger charge is 2.07. The molecule has 7 heteroatoms. The van der Waals surface area contributed by atoms with E-state index in [9.17, 15) is 4.39 Å². The molecule has 0 radical (unpaired) electrons. The monoisotopic (exact) mass is 385 g/mol. The third-order valence-corrected chi connectivity index (χ3v) is 5.62. The number of thioether (sulfide) groups is 2. The van der Waals surface area contributed by atoms with E-state index in [0.717, 1.165) is 38.5 Å². The molecule has 26 heavy (non-hydrogen) atoms. The first-order valence-corrected chi connectivity index (χ1v) is 10.0. The number of hydrogen-bond donors (Lipinski definition) is 1. The van der Waals surface area contributed by atoms with Crippen LogP contribution in [0.1, 0.15) is 17.1 Å². The summed E-state index contributed by atoms with van der Waals surface area (Å²) in [7, 11) is 0. The molecular formula is C19H16FN3OS2. The number of rotatable bonds is 6. The van der Waals surface area contributed by atoms with Gasteiger partial charge in [-0.3, -0.25) is 4.98 Å². The maximum Gasteiger partial charge on any atom is 0.166 e. The van der Waals surface area contributed by atoms with Crippen molar-refractivity contribution in [1.29, 1.82) is 0 Å². The molecule has 4 rings (SSSR count). The highest BCUT2D eigenvalue weighted by Crippen LogP contribution is 2.27. The Labute approximate surface area is 158 Å². The number of hydrogen-bond acceptors (Lipinski definition) is 5. The molecule has 0 saturated heterocycles. The fourth-order valence-electron chi connectivity index (χ4n) is 2.58. The SMILES string of the molecule is Cc1cc(SCc2ccco2)cc(CSc2nc3ccc(F)cc3[nH]2)n1. The smallest absolute Gasteiger partial charge is 0.166 e. The first-order chi connectivity index (χ1) is 12.7. The van der Waals surface area contributed by atoms with Gasteiger partial charge in [-0.15, -0.1) is 11.8 Å². The third kappa shape index (κ3) is 4.11. The van der Waals surface area contributed by atoms with E-state index >= 15 is 0 Å². The maximum atomic E-state index is 13.3. The van der Waals surface area contributed by atoms with Crippen LogP contribution < -0.4 is 0 Å². The quantitative estimate of drug-likeness (QED) is 0.439. The molecule has 0 aliphatic heterocycles. The first kappa shape index (κ1) is 17.2. The van der Waals surface area contributed by atoms with E-state index in [1.807, 2.05) is 19.1 Å². The van der Waals surface area contributed by atoms with E-state index in [-0.39, 0.29) is 5.82 Å². The fourth-order valence-corrected chi connectivity index (χ4v) is 4.30. The van der Waals surface area contributed by atoms with Gasteiger partial charge in [0.2, 0.25) is 0 Å². The van der Waals surface area contributed by atoms with Crippen LogP contribution in [-0.2, 0) is 11.5 Å². The molecule has 0 fully saturated rings. The highest BCUT2D eigenvalue weighted by atomic mass is 32.2. The number of imidazole rings is 1. The van der Waals surface area contributed by atoms with Crippen LogP contribution in [0.2, 0.25) is 0 Å². The molecule has 3 aromatic heterocycles. The molecular weight excluding hydrogens is 369 g/mol.